The molecule has 18 nitrogen and oxygen atoms in total. The summed E-state index contributed by atoms with van der Waals surface area (Å²) in [6.07, 6.45) is 5.36. The smallest absolute Gasteiger partial charge is 0.323 e. The number of aliphatic hydroxyl groups is 2. The standard InChI is InChI=1S/C34H34F4N8O.C32H27F4N7O2/c1-43(2)21-24-3-9-28(10-4-24)44-15-17-45(18-16-44)29-11-5-25(6-12-29)26-7-14-32(39-20-26)34(37,38)33(47,22-46-23-40-41-42-46)30-13-8-27(35)19-31(30)36;33-25-6-11-28(29(34)17-25)31(45,20-43-21-38-39-40-43)32(35,36)30-12-5-24(18-37-30)23-3-9-27(10-4-23)42-15-13-41(14-16-42)26-7-1-22(19-44)2-8-26/h3-14,19-20,23,47H,15-18,21-22H2,1-2H3;1-12,17-19,21,45H,13-16,20H2/t33-;31-/m00/s1. The molecule has 0 aliphatic carbocycles. The van der Waals surface area contributed by atoms with Crippen molar-refractivity contribution in [1.29, 1.82) is 0 Å². The Morgan fingerprint density at radius 3 is 1.12 bits per heavy atom. The Hall–Kier alpha value is -10.1. The van der Waals surface area contributed by atoms with Crippen molar-refractivity contribution >= 4 is 29.0 Å². The normalized spacial score (nSPS) is 15.2. The van der Waals surface area contributed by atoms with Crippen molar-refractivity contribution in [2.75, 3.05) is 86.1 Å². The molecule has 2 aliphatic rings. The highest BCUT2D eigenvalue weighted by Crippen LogP contribution is 2.49. The van der Waals surface area contributed by atoms with Gasteiger partial charge in [-0.3, -0.25) is 14.8 Å². The molecule has 2 fully saturated rings. The number of carbonyl (C=O) groups excluding carboxylic acids is 1. The molecule has 26 heteroatoms. The maximum Gasteiger partial charge on any atom is 0.323 e. The van der Waals surface area contributed by atoms with E-state index in [1.165, 1.54) is 35.8 Å². The summed E-state index contributed by atoms with van der Waals surface area (Å²) < 4.78 is 123. The van der Waals surface area contributed by atoms with Gasteiger partial charge in [0.2, 0.25) is 0 Å². The predicted octanol–water partition coefficient (Wildman–Crippen LogP) is 9.91. The summed E-state index contributed by atoms with van der Waals surface area (Å²) in [5.41, 5.74) is -0.783. The van der Waals surface area contributed by atoms with Crippen LogP contribution in [0, 0.1) is 23.3 Å². The van der Waals surface area contributed by atoms with Crippen LogP contribution in [-0.4, -0.2) is 138 Å². The third-order valence-electron chi connectivity index (χ3n) is 16.4. The molecule has 474 valence electrons. The monoisotopic (exact) mass is 1260 g/mol. The van der Waals surface area contributed by atoms with Gasteiger partial charge in [0.1, 0.15) is 53.6 Å². The van der Waals surface area contributed by atoms with Crippen LogP contribution in [0.1, 0.15) is 38.4 Å². The molecule has 2 N–H and O–H groups in total. The van der Waals surface area contributed by atoms with Crippen molar-refractivity contribution in [3.8, 4) is 22.3 Å². The number of rotatable bonds is 19. The predicted molar refractivity (Wildman–Crippen MR) is 328 cm³/mol. The van der Waals surface area contributed by atoms with Gasteiger partial charge in [-0.2, -0.15) is 17.6 Å². The summed E-state index contributed by atoms with van der Waals surface area (Å²) in [5, 5.41) is 43.4. The molecular formula is C66H61F8N15O3. The number of hydrogen-bond acceptors (Lipinski definition) is 16. The van der Waals surface area contributed by atoms with Crippen molar-refractivity contribution in [1.82, 2.24) is 55.3 Å². The van der Waals surface area contributed by atoms with Crippen molar-refractivity contribution in [2.24, 2.45) is 0 Å². The molecule has 0 unspecified atom stereocenters. The van der Waals surface area contributed by atoms with E-state index in [9.17, 15) is 32.6 Å². The van der Waals surface area contributed by atoms with Gasteiger partial charge in [-0.05, 0) is 149 Å². The van der Waals surface area contributed by atoms with E-state index in [4.69, 9.17) is 0 Å². The van der Waals surface area contributed by atoms with Crippen LogP contribution in [-0.2, 0) is 42.7 Å². The van der Waals surface area contributed by atoms with E-state index in [-0.39, 0.29) is 0 Å². The SMILES string of the molecule is CN(C)Cc1ccc(N2CCN(c3ccc(-c4ccc(C(F)(F)[C@](O)(Cn5cnnn5)c5ccc(F)cc5F)nc4)cc3)CC2)cc1.O=Cc1ccc(N2CCN(c3ccc(-c4ccc(C(F)(F)[C@](O)(Cn5cnnn5)c5ccc(F)cc5F)nc4)cc3)CC2)cc1. The first-order valence-corrected chi connectivity index (χ1v) is 29.2. The topological polar surface area (TPSA) is 187 Å². The summed E-state index contributed by atoms with van der Waals surface area (Å²) in [6.45, 7) is 5.74. The zero-order valence-corrected chi connectivity index (χ0v) is 49.7. The number of pyridine rings is 2. The van der Waals surface area contributed by atoms with E-state index in [0.717, 1.165) is 152 Å². The zero-order valence-electron chi connectivity index (χ0n) is 49.7. The molecule has 2 saturated heterocycles. The number of benzene rings is 6. The highest BCUT2D eigenvalue weighted by Gasteiger charge is 2.59. The third kappa shape index (κ3) is 13.5. The van der Waals surface area contributed by atoms with Crippen LogP contribution in [0.3, 0.4) is 0 Å². The number of hydrogen-bond donors (Lipinski definition) is 2. The van der Waals surface area contributed by atoms with Crippen LogP contribution < -0.4 is 19.6 Å². The van der Waals surface area contributed by atoms with Gasteiger partial charge in [-0.1, -0.05) is 48.5 Å². The van der Waals surface area contributed by atoms with Gasteiger partial charge < -0.3 is 34.7 Å². The van der Waals surface area contributed by atoms with Gasteiger partial charge in [-0.25, -0.2) is 26.9 Å². The minimum atomic E-state index is -4.14. The minimum Gasteiger partial charge on any atom is -0.377 e. The van der Waals surface area contributed by atoms with Gasteiger partial charge in [0.25, 0.3) is 0 Å². The van der Waals surface area contributed by atoms with E-state index >= 15 is 17.6 Å². The van der Waals surface area contributed by atoms with Crippen molar-refractivity contribution in [3.63, 3.8) is 0 Å². The van der Waals surface area contributed by atoms with Crippen LogP contribution in [0.4, 0.5) is 57.9 Å². The average molecular weight is 1260 g/mol. The lowest BCUT2D eigenvalue weighted by Gasteiger charge is -2.37. The first kappa shape index (κ1) is 63.5. The van der Waals surface area contributed by atoms with Crippen LogP contribution in [0.25, 0.3) is 22.3 Å². The Balaban J connectivity index is 0.000000189. The summed E-state index contributed by atoms with van der Waals surface area (Å²) in [5.74, 6) is -12.9. The quantitative estimate of drug-likeness (QED) is 0.0575. The van der Waals surface area contributed by atoms with E-state index in [1.54, 1.807) is 12.1 Å². The molecule has 92 heavy (non-hydrogen) atoms. The van der Waals surface area contributed by atoms with Gasteiger partial charge in [0.15, 0.2) is 11.2 Å². The second-order valence-electron chi connectivity index (χ2n) is 22.7. The third-order valence-corrected chi connectivity index (χ3v) is 16.4. The van der Waals surface area contributed by atoms with E-state index in [2.05, 4.69) is 104 Å². The summed E-state index contributed by atoms with van der Waals surface area (Å²) in [4.78, 5) is 30.2. The molecule has 10 aromatic rings. The van der Waals surface area contributed by atoms with Crippen LogP contribution in [0.15, 0.2) is 183 Å². The number of nitrogens with zero attached hydrogens (tertiary/aromatic N) is 15. The number of aromatic nitrogens is 10. The van der Waals surface area contributed by atoms with Crippen LogP contribution in [0.2, 0.25) is 0 Å². The Bertz CT molecular complexity index is 4070. The largest absolute Gasteiger partial charge is 0.377 e. The first-order chi connectivity index (χ1) is 44.2. The molecule has 6 heterocycles. The van der Waals surface area contributed by atoms with E-state index in [0.29, 0.717) is 28.8 Å². The fourth-order valence-electron chi connectivity index (χ4n) is 11.4. The van der Waals surface area contributed by atoms with Crippen molar-refractivity contribution < 1.29 is 50.1 Å². The second kappa shape index (κ2) is 26.8. The lowest BCUT2D eigenvalue weighted by atomic mass is 9.84. The Morgan fingerprint density at radius 1 is 0.467 bits per heavy atom. The molecule has 0 bridgehead atoms. The van der Waals surface area contributed by atoms with E-state index < -0.39 is 81.9 Å². The molecule has 0 saturated carbocycles. The second-order valence-corrected chi connectivity index (χ2v) is 22.7. The molecule has 2 aliphatic heterocycles. The Labute approximate surface area is 523 Å². The lowest BCUT2D eigenvalue weighted by molar-refractivity contribution is -0.207. The number of carbonyl (C=O) groups is 1. The fraction of sp³-hybridized carbons (Fsp3) is 0.258. The molecule has 0 spiro atoms. The number of tetrazole rings is 2. The number of anilines is 4. The maximum absolute atomic E-state index is 16.1. The highest BCUT2D eigenvalue weighted by atomic mass is 19.3. The summed E-state index contributed by atoms with van der Waals surface area (Å²) in [6, 6.07) is 40.7. The first-order valence-electron chi connectivity index (χ1n) is 29.2. The zero-order chi connectivity index (χ0) is 64.8. The summed E-state index contributed by atoms with van der Waals surface area (Å²) >= 11 is 0. The Kier molecular flexibility index (Phi) is 18.5. The molecule has 0 radical (unpaired) electrons. The number of alkyl halides is 4. The molecule has 12 rings (SSSR count). The molecule has 0 amide bonds. The maximum atomic E-state index is 16.1. The number of aldehydes is 1. The van der Waals surface area contributed by atoms with Crippen molar-refractivity contribution in [2.45, 2.75) is 42.7 Å². The minimum absolute atomic E-state index is 0.421. The van der Waals surface area contributed by atoms with Gasteiger partial charge >= 0.3 is 11.8 Å². The lowest BCUT2D eigenvalue weighted by Crippen LogP contribution is -2.48. The molecule has 2 atom stereocenters. The average Bonchev–Trinajstić information content (AvgIpc) is 0.881. The number of halogens is 8. The van der Waals surface area contributed by atoms with Crippen molar-refractivity contribution in [3.05, 3.63) is 240 Å². The van der Waals surface area contributed by atoms with Gasteiger partial charge in [-0.15, -0.1) is 10.2 Å². The van der Waals surface area contributed by atoms with Crippen LogP contribution in [0.5, 0.6) is 0 Å². The molecule has 4 aromatic heterocycles. The number of piperazine rings is 2. The highest BCUT2D eigenvalue weighted by molar-refractivity contribution is 5.76. The van der Waals surface area contributed by atoms with Gasteiger partial charge in [0.05, 0.1) is 13.1 Å². The fourth-order valence-corrected chi connectivity index (χ4v) is 11.4. The molecular weight excluding hydrogens is 1200 g/mol. The van der Waals surface area contributed by atoms with Crippen LogP contribution >= 0.6 is 0 Å². The molecule has 6 aromatic carbocycles. The van der Waals surface area contributed by atoms with Gasteiger partial charge in [0, 0.05) is 134 Å². The Morgan fingerprint density at radius 2 is 0.815 bits per heavy atom. The summed E-state index contributed by atoms with van der Waals surface area (Å²) in [7, 11) is 4.11. The van der Waals surface area contributed by atoms with E-state index in [1.807, 2.05) is 60.7 Å².